The molecule has 1 aliphatic rings. The van der Waals surface area contributed by atoms with Gasteiger partial charge in [-0.15, -0.1) is 0 Å². The van der Waals surface area contributed by atoms with Crippen LogP contribution in [-0.4, -0.2) is 12.5 Å². The summed E-state index contributed by atoms with van der Waals surface area (Å²) in [4.78, 5) is 12.4. The van der Waals surface area contributed by atoms with Gasteiger partial charge in [0.2, 0.25) is 5.91 Å². The zero-order valence-corrected chi connectivity index (χ0v) is 11.9. The van der Waals surface area contributed by atoms with Gasteiger partial charge in [-0.05, 0) is 42.9 Å². The van der Waals surface area contributed by atoms with E-state index in [2.05, 4.69) is 25.2 Å². The summed E-state index contributed by atoms with van der Waals surface area (Å²) in [5, 5.41) is 3.10. The van der Waals surface area contributed by atoms with Crippen molar-refractivity contribution in [2.45, 2.75) is 39.0 Å². The number of hydrogen-bond acceptors (Lipinski definition) is 2. The molecule has 0 aliphatic heterocycles. The molecule has 1 aromatic carbocycles. The van der Waals surface area contributed by atoms with Crippen LogP contribution in [0.15, 0.2) is 24.3 Å². The SMILES string of the molecule is CC(C)c1ccccc1NC(=O)C1CCCC1CN. The first-order chi connectivity index (χ1) is 9.13. The third kappa shape index (κ3) is 3.16. The van der Waals surface area contributed by atoms with Gasteiger partial charge in [-0.2, -0.15) is 0 Å². The van der Waals surface area contributed by atoms with Crippen molar-refractivity contribution in [1.82, 2.24) is 0 Å². The third-order valence-corrected chi connectivity index (χ3v) is 4.14. The number of hydrogen-bond donors (Lipinski definition) is 2. The number of anilines is 1. The van der Waals surface area contributed by atoms with Gasteiger partial charge in [0.1, 0.15) is 0 Å². The summed E-state index contributed by atoms with van der Waals surface area (Å²) in [5.74, 6) is 0.989. The van der Waals surface area contributed by atoms with Crippen LogP contribution in [0.25, 0.3) is 0 Å². The van der Waals surface area contributed by atoms with Gasteiger partial charge in [0.25, 0.3) is 0 Å². The molecule has 104 valence electrons. The number of nitrogens with one attached hydrogen (secondary N) is 1. The first-order valence-electron chi connectivity index (χ1n) is 7.23. The molecule has 0 radical (unpaired) electrons. The van der Waals surface area contributed by atoms with Crippen LogP contribution >= 0.6 is 0 Å². The molecular formula is C16H24N2O. The van der Waals surface area contributed by atoms with E-state index in [0.717, 1.165) is 24.9 Å². The average Bonchev–Trinajstić information content (AvgIpc) is 2.87. The van der Waals surface area contributed by atoms with E-state index in [1.165, 1.54) is 5.56 Å². The maximum Gasteiger partial charge on any atom is 0.227 e. The molecule has 3 heteroatoms. The second kappa shape index (κ2) is 6.20. The van der Waals surface area contributed by atoms with Crippen LogP contribution in [0, 0.1) is 11.8 Å². The fourth-order valence-corrected chi connectivity index (χ4v) is 3.00. The maximum absolute atomic E-state index is 12.4. The highest BCUT2D eigenvalue weighted by molar-refractivity contribution is 5.93. The van der Waals surface area contributed by atoms with E-state index in [1.54, 1.807) is 0 Å². The lowest BCUT2D eigenvalue weighted by molar-refractivity contribution is -0.120. The van der Waals surface area contributed by atoms with Gasteiger partial charge < -0.3 is 11.1 Å². The van der Waals surface area contributed by atoms with E-state index in [4.69, 9.17) is 5.73 Å². The van der Waals surface area contributed by atoms with Crippen molar-refractivity contribution in [3.63, 3.8) is 0 Å². The van der Waals surface area contributed by atoms with E-state index in [1.807, 2.05) is 18.2 Å². The third-order valence-electron chi connectivity index (χ3n) is 4.14. The van der Waals surface area contributed by atoms with Crippen molar-refractivity contribution in [2.75, 3.05) is 11.9 Å². The molecule has 0 bridgehead atoms. The van der Waals surface area contributed by atoms with Gasteiger partial charge in [-0.1, -0.05) is 38.5 Å². The number of carbonyl (C=O) groups is 1. The second-order valence-electron chi connectivity index (χ2n) is 5.76. The van der Waals surface area contributed by atoms with E-state index in [0.29, 0.717) is 18.4 Å². The first kappa shape index (κ1) is 14.1. The zero-order valence-electron chi connectivity index (χ0n) is 11.9. The van der Waals surface area contributed by atoms with Crippen molar-refractivity contribution in [1.29, 1.82) is 0 Å². The Balaban J connectivity index is 2.11. The lowest BCUT2D eigenvalue weighted by Crippen LogP contribution is -2.30. The minimum absolute atomic E-state index is 0.0882. The number of amides is 1. The normalized spacial score (nSPS) is 22.7. The average molecular weight is 260 g/mol. The van der Waals surface area contributed by atoms with Crippen LogP contribution in [-0.2, 0) is 4.79 Å². The Labute approximate surface area is 115 Å². The zero-order chi connectivity index (χ0) is 13.8. The van der Waals surface area contributed by atoms with Crippen LogP contribution in [0.5, 0.6) is 0 Å². The van der Waals surface area contributed by atoms with Crippen LogP contribution in [0.3, 0.4) is 0 Å². The molecule has 1 aromatic rings. The number of para-hydroxylation sites is 1. The molecule has 2 atom stereocenters. The maximum atomic E-state index is 12.4. The highest BCUT2D eigenvalue weighted by Crippen LogP contribution is 2.32. The fourth-order valence-electron chi connectivity index (χ4n) is 3.00. The van der Waals surface area contributed by atoms with E-state index in [9.17, 15) is 4.79 Å². The van der Waals surface area contributed by atoms with Crippen molar-refractivity contribution >= 4 is 11.6 Å². The van der Waals surface area contributed by atoms with Crippen LogP contribution in [0.1, 0.15) is 44.6 Å². The molecule has 1 fully saturated rings. The molecule has 1 saturated carbocycles. The molecule has 0 saturated heterocycles. The monoisotopic (exact) mass is 260 g/mol. The second-order valence-corrected chi connectivity index (χ2v) is 5.76. The van der Waals surface area contributed by atoms with Gasteiger partial charge in [0.05, 0.1) is 0 Å². The summed E-state index contributed by atoms with van der Waals surface area (Å²) in [6.07, 6.45) is 3.17. The van der Waals surface area contributed by atoms with E-state index < -0.39 is 0 Å². The Morgan fingerprint density at radius 1 is 1.37 bits per heavy atom. The quantitative estimate of drug-likeness (QED) is 0.874. The summed E-state index contributed by atoms with van der Waals surface area (Å²) in [5.41, 5.74) is 7.90. The molecule has 2 rings (SSSR count). The predicted molar refractivity (Wildman–Crippen MR) is 79.0 cm³/mol. The minimum Gasteiger partial charge on any atom is -0.330 e. The predicted octanol–water partition coefficient (Wildman–Crippen LogP) is 3.12. The molecule has 0 heterocycles. The van der Waals surface area contributed by atoms with Crippen molar-refractivity contribution in [3.05, 3.63) is 29.8 Å². The van der Waals surface area contributed by atoms with Crippen LogP contribution in [0.2, 0.25) is 0 Å². The van der Waals surface area contributed by atoms with Gasteiger partial charge >= 0.3 is 0 Å². The summed E-state index contributed by atoms with van der Waals surface area (Å²) in [6, 6.07) is 8.05. The molecule has 19 heavy (non-hydrogen) atoms. The van der Waals surface area contributed by atoms with Gasteiger partial charge in [0.15, 0.2) is 0 Å². The lowest BCUT2D eigenvalue weighted by atomic mass is 9.94. The highest BCUT2D eigenvalue weighted by Gasteiger charge is 2.32. The Hall–Kier alpha value is -1.35. The van der Waals surface area contributed by atoms with Crippen LogP contribution < -0.4 is 11.1 Å². The molecule has 1 amide bonds. The molecular weight excluding hydrogens is 236 g/mol. The minimum atomic E-state index is 0.0882. The lowest BCUT2D eigenvalue weighted by Gasteiger charge is -2.19. The largest absolute Gasteiger partial charge is 0.330 e. The van der Waals surface area contributed by atoms with Crippen molar-refractivity contribution in [3.8, 4) is 0 Å². The fraction of sp³-hybridized carbons (Fsp3) is 0.562. The molecule has 1 aliphatic carbocycles. The smallest absolute Gasteiger partial charge is 0.227 e. The molecule has 3 nitrogen and oxygen atoms in total. The Morgan fingerprint density at radius 2 is 2.11 bits per heavy atom. The summed E-state index contributed by atoms with van der Waals surface area (Å²) >= 11 is 0. The molecule has 3 N–H and O–H groups in total. The topological polar surface area (TPSA) is 55.1 Å². The number of benzene rings is 1. The standard InChI is InChI=1S/C16H24N2O/c1-11(2)13-7-3-4-9-15(13)18-16(19)14-8-5-6-12(14)10-17/h3-4,7,9,11-12,14H,5-6,8,10,17H2,1-2H3,(H,18,19). The summed E-state index contributed by atoms with van der Waals surface area (Å²) in [6.45, 7) is 4.90. The number of carbonyl (C=O) groups excluding carboxylic acids is 1. The van der Waals surface area contributed by atoms with Crippen molar-refractivity contribution < 1.29 is 4.79 Å². The summed E-state index contributed by atoms with van der Waals surface area (Å²) in [7, 11) is 0. The first-order valence-corrected chi connectivity index (χ1v) is 7.23. The number of rotatable bonds is 4. The highest BCUT2D eigenvalue weighted by atomic mass is 16.1. The van der Waals surface area contributed by atoms with E-state index >= 15 is 0 Å². The van der Waals surface area contributed by atoms with Gasteiger partial charge in [-0.3, -0.25) is 4.79 Å². The summed E-state index contributed by atoms with van der Waals surface area (Å²) < 4.78 is 0. The Kier molecular flexibility index (Phi) is 4.59. The molecule has 0 spiro atoms. The Bertz CT molecular complexity index is 442. The van der Waals surface area contributed by atoms with Gasteiger partial charge in [0, 0.05) is 11.6 Å². The van der Waals surface area contributed by atoms with Gasteiger partial charge in [-0.25, -0.2) is 0 Å². The molecule has 2 unspecified atom stereocenters. The Morgan fingerprint density at radius 3 is 2.79 bits per heavy atom. The number of nitrogens with two attached hydrogens (primary N) is 1. The van der Waals surface area contributed by atoms with Crippen molar-refractivity contribution in [2.24, 2.45) is 17.6 Å². The van der Waals surface area contributed by atoms with E-state index in [-0.39, 0.29) is 11.8 Å². The molecule has 0 aromatic heterocycles. The van der Waals surface area contributed by atoms with Crippen LogP contribution in [0.4, 0.5) is 5.69 Å².